The first-order chi connectivity index (χ1) is 10.2. The predicted molar refractivity (Wildman–Crippen MR) is 82.1 cm³/mol. The third kappa shape index (κ3) is 2.76. The van der Waals surface area contributed by atoms with E-state index in [1.165, 1.54) is 11.1 Å². The molecule has 2 aromatic carbocycles. The normalized spacial score (nSPS) is 14.8. The van der Waals surface area contributed by atoms with Crippen molar-refractivity contribution in [3.8, 4) is 5.75 Å². The second-order valence-electron chi connectivity index (χ2n) is 5.01. The molecule has 110 valence electrons. The molecule has 4 nitrogen and oxygen atoms in total. The second kappa shape index (κ2) is 6.03. The van der Waals surface area contributed by atoms with Gasteiger partial charge in [0, 0.05) is 0 Å². The molecule has 0 radical (unpaired) electrons. The summed E-state index contributed by atoms with van der Waals surface area (Å²) in [6.45, 7) is 1.34. The van der Waals surface area contributed by atoms with Crippen LogP contribution in [0.2, 0.25) is 5.02 Å². The summed E-state index contributed by atoms with van der Waals surface area (Å²) in [6, 6.07) is 11.8. The number of hydrogen-bond acceptors (Lipinski definition) is 4. The predicted octanol–water partition coefficient (Wildman–Crippen LogP) is 2.93. The lowest BCUT2D eigenvalue weighted by Gasteiger charge is -2.19. The summed E-state index contributed by atoms with van der Waals surface area (Å²) in [5.41, 5.74) is 7.40. The highest BCUT2D eigenvalue weighted by atomic mass is 35.5. The summed E-state index contributed by atoms with van der Waals surface area (Å²) >= 11 is 6.07. The van der Waals surface area contributed by atoms with Crippen molar-refractivity contribution in [2.24, 2.45) is 5.84 Å². The Morgan fingerprint density at radius 3 is 2.62 bits per heavy atom. The van der Waals surface area contributed by atoms with Crippen LogP contribution in [0.15, 0.2) is 36.4 Å². The Hall–Kier alpha value is -1.59. The van der Waals surface area contributed by atoms with E-state index in [1.54, 1.807) is 7.11 Å². The van der Waals surface area contributed by atoms with Crippen molar-refractivity contribution in [1.82, 2.24) is 5.43 Å². The fraction of sp³-hybridized carbons (Fsp3) is 0.250. The first kappa shape index (κ1) is 14.4. The molecule has 0 fully saturated rings. The van der Waals surface area contributed by atoms with Crippen molar-refractivity contribution in [2.45, 2.75) is 19.3 Å². The van der Waals surface area contributed by atoms with Crippen LogP contribution >= 0.6 is 11.6 Å². The SMILES string of the molecule is COc1cc(C(NN)c2ccc3c(c2)COC3)ccc1Cl. The van der Waals surface area contributed by atoms with E-state index >= 15 is 0 Å². The Kier molecular flexibility index (Phi) is 4.12. The number of nitrogens with two attached hydrogens (primary N) is 1. The van der Waals surface area contributed by atoms with E-state index in [-0.39, 0.29) is 6.04 Å². The van der Waals surface area contributed by atoms with Crippen molar-refractivity contribution in [3.63, 3.8) is 0 Å². The Labute approximate surface area is 128 Å². The van der Waals surface area contributed by atoms with Crippen LogP contribution in [0.1, 0.15) is 28.3 Å². The van der Waals surface area contributed by atoms with Gasteiger partial charge in [0.25, 0.3) is 0 Å². The summed E-state index contributed by atoms with van der Waals surface area (Å²) in [6.07, 6.45) is 0. The Morgan fingerprint density at radius 2 is 1.86 bits per heavy atom. The Morgan fingerprint density at radius 1 is 1.14 bits per heavy atom. The highest BCUT2D eigenvalue weighted by molar-refractivity contribution is 6.32. The van der Waals surface area contributed by atoms with E-state index in [9.17, 15) is 0 Å². The van der Waals surface area contributed by atoms with Crippen LogP contribution in [0.25, 0.3) is 0 Å². The molecule has 0 amide bonds. The number of benzene rings is 2. The van der Waals surface area contributed by atoms with Gasteiger partial charge in [0.05, 0.1) is 31.4 Å². The van der Waals surface area contributed by atoms with Crippen LogP contribution in [-0.4, -0.2) is 7.11 Å². The lowest BCUT2D eigenvalue weighted by Crippen LogP contribution is -2.29. The van der Waals surface area contributed by atoms with Gasteiger partial charge in [0.15, 0.2) is 0 Å². The molecule has 0 spiro atoms. The molecule has 1 unspecified atom stereocenters. The van der Waals surface area contributed by atoms with Gasteiger partial charge in [-0.25, -0.2) is 5.43 Å². The van der Waals surface area contributed by atoms with Gasteiger partial charge in [-0.15, -0.1) is 0 Å². The minimum absolute atomic E-state index is 0.123. The molecule has 0 aromatic heterocycles. The molecular weight excluding hydrogens is 288 g/mol. The van der Waals surface area contributed by atoms with Crippen LogP contribution in [0.5, 0.6) is 5.75 Å². The van der Waals surface area contributed by atoms with Gasteiger partial charge in [0.2, 0.25) is 0 Å². The van der Waals surface area contributed by atoms with Gasteiger partial charge in [0.1, 0.15) is 5.75 Å². The molecule has 21 heavy (non-hydrogen) atoms. The van der Waals surface area contributed by atoms with Crippen LogP contribution in [0.4, 0.5) is 0 Å². The van der Waals surface area contributed by atoms with E-state index in [4.69, 9.17) is 26.9 Å². The third-order valence-electron chi connectivity index (χ3n) is 3.75. The summed E-state index contributed by atoms with van der Waals surface area (Å²) in [4.78, 5) is 0. The monoisotopic (exact) mass is 304 g/mol. The largest absolute Gasteiger partial charge is 0.495 e. The minimum atomic E-state index is -0.123. The van der Waals surface area contributed by atoms with E-state index in [1.807, 2.05) is 18.2 Å². The topological polar surface area (TPSA) is 56.5 Å². The van der Waals surface area contributed by atoms with Crippen molar-refractivity contribution >= 4 is 11.6 Å². The lowest BCUT2D eigenvalue weighted by molar-refractivity contribution is 0.134. The fourth-order valence-electron chi connectivity index (χ4n) is 2.61. The van der Waals surface area contributed by atoms with E-state index < -0.39 is 0 Å². The molecule has 1 aliphatic rings. The van der Waals surface area contributed by atoms with Crippen LogP contribution in [-0.2, 0) is 18.0 Å². The molecule has 3 rings (SSSR count). The number of ether oxygens (including phenoxy) is 2. The maximum atomic E-state index is 6.07. The van der Waals surface area contributed by atoms with Gasteiger partial charge < -0.3 is 9.47 Å². The molecule has 1 atom stereocenters. The number of hydrogen-bond donors (Lipinski definition) is 2. The van der Waals surface area contributed by atoms with E-state index in [0.717, 1.165) is 11.1 Å². The van der Waals surface area contributed by atoms with Crippen LogP contribution in [0.3, 0.4) is 0 Å². The molecule has 5 heteroatoms. The summed E-state index contributed by atoms with van der Waals surface area (Å²) in [5.74, 6) is 6.39. The molecule has 0 saturated heterocycles. The molecule has 0 aliphatic carbocycles. The fourth-order valence-corrected chi connectivity index (χ4v) is 2.81. The maximum absolute atomic E-state index is 6.07. The Balaban J connectivity index is 1.98. The second-order valence-corrected chi connectivity index (χ2v) is 5.42. The molecule has 1 heterocycles. The van der Waals surface area contributed by atoms with Crippen molar-refractivity contribution in [1.29, 1.82) is 0 Å². The van der Waals surface area contributed by atoms with Crippen molar-refractivity contribution < 1.29 is 9.47 Å². The molecule has 2 aromatic rings. The van der Waals surface area contributed by atoms with E-state index in [2.05, 4.69) is 23.6 Å². The van der Waals surface area contributed by atoms with Gasteiger partial charge >= 0.3 is 0 Å². The van der Waals surface area contributed by atoms with Gasteiger partial charge in [-0.1, -0.05) is 35.9 Å². The smallest absolute Gasteiger partial charge is 0.137 e. The Bertz CT molecular complexity index is 650. The first-order valence-electron chi connectivity index (χ1n) is 6.72. The average Bonchev–Trinajstić information content (AvgIpc) is 2.97. The average molecular weight is 305 g/mol. The molecule has 0 saturated carbocycles. The summed E-state index contributed by atoms with van der Waals surface area (Å²) < 4.78 is 10.7. The van der Waals surface area contributed by atoms with Gasteiger partial charge in [-0.3, -0.25) is 5.84 Å². The highest BCUT2D eigenvalue weighted by Gasteiger charge is 2.18. The number of fused-ring (bicyclic) bond motifs is 1. The summed E-state index contributed by atoms with van der Waals surface area (Å²) in [7, 11) is 1.60. The zero-order chi connectivity index (χ0) is 14.8. The highest BCUT2D eigenvalue weighted by Crippen LogP contribution is 2.31. The molecule has 1 aliphatic heterocycles. The zero-order valence-corrected chi connectivity index (χ0v) is 12.5. The quantitative estimate of drug-likeness (QED) is 0.673. The summed E-state index contributed by atoms with van der Waals surface area (Å²) in [5, 5.41) is 0.583. The minimum Gasteiger partial charge on any atom is -0.495 e. The maximum Gasteiger partial charge on any atom is 0.137 e. The van der Waals surface area contributed by atoms with Crippen molar-refractivity contribution in [2.75, 3.05) is 7.11 Å². The standard InChI is InChI=1S/C16H17ClN2O2/c1-20-15-7-11(4-5-14(15)17)16(19-18)10-2-3-12-8-21-9-13(12)6-10/h2-7,16,19H,8-9,18H2,1H3. The molecule has 3 N–H and O–H groups in total. The number of halogens is 1. The zero-order valence-electron chi connectivity index (χ0n) is 11.7. The number of hydrazine groups is 1. The van der Waals surface area contributed by atoms with Crippen molar-refractivity contribution in [3.05, 3.63) is 63.7 Å². The van der Waals surface area contributed by atoms with Crippen LogP contribution in [0, 0.1) is 0 Å². The van der Waals surface area contributed by atoms with Crippen LogP contribution < -0.4 is 16.0 Å². The van der Waals surface area contributed by atoms with E-state index in [0.29, 0.717) is 24.0 Å². The molecule has 0 bridgehead atoms. The third-order valence-corrected chi connectivity index (χ3v) is 4.07. The lowest BCUT2D eigenvalue weighted by atomic mass is 9.96. The number of rotatable bonds is 4. The first-order valence-corrected chi connectivity index (χ1v) is 7.09. The number of methoxy groups -OCH3 is 1. The number of nitrogens with one attached hydrogen (secondary N) is 1. The van der Waals surface area contributed by atoms with Gasteiger partial charge in [-0.2, -0.15) is 0 Å². The van der Waals surface area contributed by atoms with Gasteiger partial charge in [-0.05, 0) is 34.4 Å². The molecular formula is C16H17ClN2O2.